The third kappa shape index (κ3) is 6.41. The predicted molar refractivity (Wildman–Crippen MR) is 91.6 cm³/mol. The van der Waals surface area contributed by atoms with Gasteiger partial charge in [0.1, 0.15) is 48.1 Å². The molecule has 0 aliphatic carbocycles. The lowest BCUT2D eigenvalue weighted by atomic mass is 9.99. The van der Waals surface area contributed by atoms with E-state index in [-0.39, 0.29) is 30.3 Å². The molecule has 156 valence electrons. The summed E-state index contributed by atoms with van der Waals surface area (Å²) < 4.78 is 9.05. The van der Waals surface area contributed by atoms with Crippen LogP contribution in [0.2, 0.25) is 0 Å². The minimum absolute atomic E-state index is 0.0590. The van der Waals surface area contributed by atoms with E-state index in [0.717, 1.165) is 0 Å². The first-order valence-electron chi connectivity index (χ1n) is 7.94. The summed E-state index contributed by atoms with van der Waals surface area (Å²) in [6.45, 7) is 1.19. The first-order valence-corrected chi connectivity index (χ1v) is 10.2. The van der Waals surface area contributed by atoms with Gasteiger partial charge in [-0.25, -0.2) is 5.26 Å². The van der Waals surface area contributed by atoms with Gasteiger partial charge in [0.15, 0.2) is 17.6 Å². The van der Waals surface area contributed by atoms with E-state index < -0.39 is 65.5 Å². The van der Waals surface area contributed by atoms with Gasteiger partial charge in [0, 0.05) is 10.9 Å². The molecule has 0 saturated carbocycles. The molecule has 1 saturated heterocycles. The van der Waals surface area contributed by atoms with Gasteiger partial charge < -0.3 is 35.7 Å². The van der Waals surface area contributed by atoms with Gasteiger partial charge in [-0.1, -0.05) is 12.0 Å². The topological polar surface area (TPSA) is 190 Å². The number of hydrogen-bond donors (Lipinski definition) is 8. The maximum Gasteiger partial charge on any atom is 0.198 e. The van der Waals surface area contributed by atoms with Crippen LogP contribution in [0.3, 0.4) is 0 Å². The van der Waals surface area contributed by atoms with Crippen molar-refractivity contribution in [2.45, 2.75) is 61.3 Å². The number of aliphatic hydroxyl groups excluding tert-OH is 7. The van der Waals surface area contributed by atoms with E-state index in [0.29, 0.717) is 0 Å². The molecule has 0 aromatic heterocycles. The van der Waals surface area contributed by atoms with Crippen LogP contribution in [0.4, 0.5) is 0 Å². The molecular weight excluding hydrogens is 396 g/mol. The largest absolute Gasteiger partial charge is 0.391 e. The highest BCUT2D eigenvalue weighted by Gasteiger charge is 2.51. The van der Waals surface area contributed by atoms with E-state index in [1.54, 1.807) is 6.92 Å². The molecule has 13 heteroatoms. The van der Waals surface area contributed by atoms with Crippen LogP contribution in [0.15, 0.2) is 0 Å². The molecule has 0 spiro atoms. The van der Waals surface area contributed by atoms with Gasteiger partial charge in [-0.15, -0.1) is 4.33 Å². The Labute approximate surface area is 157 Å². The highest BCUT2D eigenvalue weighted by atomic mass is 32.2. The van der Waals surface area contributed by atoms with Crippen molar-refractivity contribution in [3.05, 3.63) is 0 Å². The molecule has 11 nitrogen and oxygen atoms in total. The Morgan fingerprint density at radius 2 is 1.77 bits per heavy atom. The molecule has 8 N–H and O–H groups in total. The normalized spacial score (nSPS) is 32.2. The van der Waals surface area contributed by atoms with Crippen LogP contribution in [0, 0.1) is 0 Å². The maximum absolute atomic E-state index is 10.4. The third-order valence-corrected chi connectivity index (χ3v) is 7.48. The summed E-state index contributed by atoms with van der Waals surface area (Å²) in [6.07, 6.45) is -9.53. The molecule has 1 heterocycles. The van der Waals surface area contributed by atoms with Crippen LogP contribution in [0.5, 0.6) is 0 Å². The zero-order chi connectivity index (χ0) is 19.9. The van der Waals surface area contributed by atoms with Crippen LogP contribution in [0.25, 0.3) is 0 Å². The highest BCUT2D eigenvalue weighted by Crippen LogP contribution is 2.27. The zero-order valence-electron chi connectivity index (χ0n) is 14.1. The molecule has 1 aliphatic heterocycles. The van der Waals surface area contributed by atoms with Crippen LogP contribution in [-0.4, -0.2) is 107 Å². The lowest BCUT2D eigenvalue weighted by Crippen LogP contribution is -2.51. The second-order valence-corrected chi connectivity index (χ2v) is 8.76. The number of hydrogen-bond acceptors (Lipinski definition) is 12. The van der Waals surface area contributed by atoms with Crippen molar-refractivity contribution in [3.63, 3.8) is 0 Å². The van der Waals surface area contributed by atoms with E-state index in [1.807, 2.05) is 0 Å². The molecule has 1 fully saturated rings. The van der Waals surface area contributed by atoms with Crippen molar-refractivity contribution in [2.24, 2.45) is 0 Å². The molecule has 26 heavy (non-hydrogen) atoms. The Bertz CT molecular complexity index is 393. The van der Waals surface area contributed by atoms with Crippen LogP contribution in [-0.2, 0) is 24.5 Å². The Morgan fingerprint density at radius 3 is 2.31 bits per heavy atom. The Balaban J connectivity index is 2.81. The average molecular weight is 423 g/mol. The molecule has 0 aromatic rings. The summed E-state index contributed by atoms with van der Waals surface area (Å²) in [6, 6.07) is 0. The van der Waals surface area contributed by atoms with E-state index in [2.05, 4.69) is 9.37 Å². The Kier molecular flexibility index (Phi) is 11.2. The van der Waals surface area contributed by atoms with E-state index >= 15 is 0 Å². The summed E-state index contributed by atoms with van der Waals surface area (Å²) in [4.78, 5) is 0. The molecule has 0 aromatic carbocycles. The SMILES string of the molecule is CCC(O)C(O)C(O)C(OSOOO)C(O)C[S+]1C[C@@H](O)[C@H](O)[C@H]1CO. The van der Waals surface area contributed by atoms with Crippen molar-refractivity contribution in [2.75, 3.05) is 18.1 Å². The van der Waals surface area contributed by atoms with Crippen molar-refractivity contribution >= 4 is 23.2 Å². The molecule has 9 atom stereocenters. The van der Waals surface area contributed by atoms with Crippen LogP contribution >= 0.6 is 12.3 Å². The van der Waals surface area contributed by atoms with Gasteiger partial charge in [0.25, 0.3) is 0 Å². The fourth-order valence-corrected chi connectivity index (χ4v) is 5.76. The molecule has 6 unspecified atom stereocenters. The quantitative estimate of drug-likeness (QED) is 0.0520. The number of aliphatic hydroxyl groups is 7. The molecule has 1 aliphatic rings. The minimum Gasteiger partial charge on any atom is -0.391 e. The molecule has 0 bridgehead atoms. The Morgan fingerprint density at radius 1 is 1.12 bits per heavy atom. The van der Waals surface area contributed by atoms with Gasteiger partial charge in [-0.2, -0.15) is 0 Å². The summed E-state index contributed by atoms with van der Waals surface area (Å²) in [5, 5.41) is 80.1. The van der Waals surface area contributed by atoms with Gasteiger partial charge in [0.2, 0.25) is 0 Å². The first-order chi connectivity index (χ1) is 12.3. The van der Waals surface area contributed by atoms with Gasteiger partial charge in [-0.05, 0) is 6.42 Å². The third-order valence-electron chi connectivity index (χ3n) is 4.24. The Hall–Kier alpha value is 0.260. The van der Waals surface area contributed by atoms with Gasteiger partial charge in [0.05, 0.1) is 12.7 Å². The van der Waals surface area contributed by atoms with Crippen molar-refractivity contribution < 1.29 is 54.6 Å². The molecule has 0 radical (unpaired) electrons. The second kappa shape index (κ2) is 12.0. The van der Waals surface area contributed by atoms with E-state index in [4.69, 9.17) is 9.44 Å². The fraction of sp³-hybridized carbons (Fsp3) is 1.00. The predicted octanol–water partition coefficient (Wildman–Crippen LogP) is -3.08. The van der Waals surface area contributed by atoms with Crippen molar-refractivity contribution in [3.8, 4) is 0 Å². The monoisotopic (exact) mass is 423 g/mol. The standard InChI is InChI=1S/C13H26O11S2/c1-2-6(15)11(19)12(20)13(22-25-24-23-21)8(17)5-26-4-7(16)10(18)9(26)3-14/h6-20H,2-5H2,1H3/p+1/t6?,7-,8?,9-,10+,11?,12?,13?,26?/m1/s1. The second-order valence-electron chi connectivity index (χ2n) is 5.95. The fourth-order valence-electron chi connectivity index (χ4n) is 2.69. The van der Waals surface area contributed by atoms with E-state index in [9.17, 15) is 35.7 Å². The zero-order valence-corrected chi connectivity index (χ0v) is 15.7. The highest BCUT2D eigenvalue weighted by molar-refractivity contribution is 7.97. The smallest absolute Gasteiger partial charge is 0.198 e. The molecule has 1 rings (SSSR count). The number of rotatable bonds is 12. The maximum atomic E-state index is 10.4. The molecule has 0 amide bonds. The average Bonchev–Trinajstić information content (AvgIpc) is 2.89. The lowest BCUT2D eigenvalue weighted by Gasteiger charge is -2.30. The van der Waals surface area contributed by atoms with Gasteiger partial charge in [-0.3, -0.25) is 4.18 Å². The van der Waals surface area contributed by atoms with Crippen LogP contribution in [0.1, 0.15) is 13.3 Å². The minimum atomic E-state index is -1.72. The van der Waals surface area contributed by atoms with Crippen molar-refractivity contribution in [1.29, 1.82) is 0 Å². The van der Waals surface area contributed by atoms with E-state index in [1.165, 1.54) is 0 Å². The van der Waals surface area contributed by atoms with Gasteiger partial charge >= 0.3 is 0 Å². The molecular formula is C13H27O11S2+. The summed E-state index contributed by atoms with van der Waals surface area (Å²) >= 11 is 0.0903. The van der Waals surface area contributed by atoms with Crippen LogP contribution < -0.4 is 0 Å². The van der Waals surface area contributed by atoms with Crippen molar-refractivity contribution in [1.82, 2.24) is 0 Å². The lowest BCUT2D eigenvalue weighted by molar-refractivity contribution is -0.434. The summed E-state index contributed by atoms with van der Waals surface area (Å²) in [7, 11) is -0.791. The summed E-state index contributed by atoms with van der Waals surface area (Å²) in [5.41, 5.74) is 0. The first kappa shape index (κ1) is 24.3. The summed E-state index contributed by atoms with van der Waals surface area (Å²) in [5.74, 6) is 0.0896.